The Morgan fingerprint density at radius 2 is 1.81 bits per heavy atom. The van der Waals surface area contributed by atoms with Gasteiger partial charge in [0.1, 0.15) is 15.6 Å². The summed E-state index contributed by atoms with van der Waals surface area (Å²) >= 11 is 0. The molecule has 186 valence electrons. The maximum Gasteiger partial charge on any atom is 0.229 e. The van der Waals surface area contributed by atoms with Crippen molar-refractivity contribution in [1.29, 1.82) is 0 Å². The van der Waals surface area contributed by atoms with E-state index in [4.69, 9.17) is 5.73 Å². The molecule has 7 nitrogen and oxygen atoms in total. The van der Waals surface area contributed by atoms with Gasteiger partial charge in [-0.05, 0) is 42.5 Å². The van der Waals surface area contributed by atoms with Crippen molar-refractivity contribution < 1.29 is 18.9 Å². The number of hydrogen-bond donors (Lipinski definition) is 3. The third kappa shape index (κ3) is 4.73. The Kier molecular flexibility index (Phi) is 7.02. The maximum atomic E-state index is 12.8. The molecule has 0 radical (unpaired) electrons. The van der Waals surface area contributed by atoms with Crippen molar-refractivity contribution in [3.8, 4) is 16.9 Å². The Morgan fingerprint density at radius 1 is 1.06 bits per heavy atom. The third-order valence-electron chi connectivity index (χ3n) is 6.64. The normalized spacial score (nSPS) is 16.3. The summed E-state index contributed by atoms with van der Waals surface area (Å²) in [5.74, 6) is -0.0710. The first kappa shape index (κ1) is 24.4. The van der Waals surface area contributed by atoms with Crippen LogP contribution in [0.15, 0.2) is 48.5 Å². The molecular weight excluding hydrogens is 494 g/mol. The van der Waals surface area contributed by atoms with E-state index in [2.05, 4.69) is 10.8 Å². The predicted octanol–water partition coefficient (Wildman–Crippen LogP) is 5.02. The SMILES string of the molecule is Nc1c(-c2c(O)ccc3c2C=CCC3)cc(NSS(=O)CCN2C(=O)CCCC2=O)c2ccccc12. The van der Waals surface area contributed by atoms with Gasteiger partial charge in [-0.25, -0.2) is 4.21 Å². The van der Waals surface area contributed by atoms with E-state index in [9.17, 15) is 18.9 Å². The summed E-state index contributed by atoms with van der Waals surface area (Å²) in [6, 6.07) is 13.2. The molecule has 3 aromatic rings. The Balaban J connectivity index is 1.44. The molecule has 1 saturated heterocycles. The summed E-state index contributed by atoms with van der Waals surface area (Å²) in [7, 11) is -0.356. The van der Waals surface area contributed by atoms with Crippen LogP contribution in [0.1, 0.15) is 36.8 Å². The number of anilines is 2. The summed E-state index contributed by atoms with van der Waals surface area (Å²) in [6.45, 7) is 0.142. The van der Waals surface area contributed by atoms with Crippen molar-refractivity contribution in [2.75, 3.05) is 22.8 Å². The number of nitrogens with one attached hydrogen (secondary N) is 1. The fourth-order valence-electron chi connectivity index (χ4n) is 4.82. The molecule has 0 aromatic heterocycles. The summed E-state index contributed by atoms with van der Waals surface area (Å²) in [5, 5.41) is 12.5. The molecule has 36 heavy (non-hydrogen) atoms. The molecule has 1 aliphatic heterocycles. The number of benzene rings is 3. The number of aromatic hydroxyl groups is 1. The first-order valence-corrected chi connectivity index (χ1v) is 14.6. The molecule has 1 aliphatic carbocycles. The van der Waals surface area contributed by atoms with Gasteiger partial charge in [-0.3, -0.25) is 14.5 Å². The Bertz CT molecular complexity index is 1400. The number of phenols is 1. The molecule has 2 aliphatic rings. The molecule has 1 unspecified atom stereocenters. The van der Waals surface area contributed by atoms with Gasteiger partial charge in [-0.15, -0.1) is 0 Å². The largest absolute Gasteiger partial charge is 0.507 e. The van der Waals surface area contributed by atoms with Crippen molar-refractivity contribution in [3.63, 3.8) is 0 Å². The highest BCUT2D eigenvalue weighted by atomic mass is 33.1. The van der Waals surface area contributed by atoms with E-state index in [1.54, 1.807) is 6.07 Å². The lowest BCUT2D eigenvalue weighted by atomic mass is 9.87. The molecule has 4 N–H and O–H groups in total. The van der Waals surface area contributed by atoms with E-state index in [1.807, 2.05) is 42.5 Å². The Labute approximate surface area is 215 Å². The lowest BCUT2D eigenvalue weighted by molar-refractivity contribution is -0.147. The molecule has 0 saturated carbocycles. The number of fused-ring (bicyclic) bond motifs is 2. The number of nitrogens with two attached hydrogens (primary N) is 1. The van der Waals surface area contributed by atoms with E-state index in [0.29, 0.717) is 36.1 Å². The average Bonchev–Trinajstić information content (AvgIpc) is 2.88. The van der Waals surface area contributed by atoms with Gasteiger partial charge in [0, 0.05) is 47.0 Å². The Hall–Kier alpha value is -3.30. The van der Waals surface area contributed by atoms with Gasteiger partial charge in [0.15, 0.2) is 0 Å². The molecule has 2 amide bonds. The quantitative estimate of drug-likeness (QED) is 0.173. The van der Waals surface area contributed by atoms with E-state index < -0.39 is 9.83 Å². The highest BCUT2D eigenvalue weighted by Gasteiger charge is 2.26. The summed E-state index contributed by atoms with van der Waals surface area (Å²) < 4.78 is 16.0. The van der Waals surface area contributed by atoms with Crippen molar-refractivity contribution in [2.45, 2.75) is 32.1 Å². The van der Waals surface area contributed by atoms with Gasteiger partial charge >= 0.3 is 0 Å². The van der Waals surface area contributed by atoms with Crippen molar-refractivity contribution in [2.24, 2.45) is 0 Å². The second-order valence-corrected chi connectivity index (χ2v) is 11.9. The molecule has 0 bridgehead atoms. The molecule has 0 spiro atoms. The second-order valence-electron chi connectivity index (χ2n) is 8.89. The van der Waals surface area contributed by atoms with Gasteiger partial charge in [-0.1, -0.05) is 42.5 Å². The number of piperidine rings is 1. The highest BCUT2D eigenvalue weighted by Crippen LogP contribution is 2.45. The second kappa shape index (κ2) is 10.4. The van der Waals surface area contributed by atoms with E-state index in [0.717, 1.165) is 51.4 Å². The zero-order chi connectivity index (χ0) is 25.2. The lowest BCUT2D eigenvalue weighted by Crippen LogP contribution is -2.42. The van der Waals surface area contributed by atoms with Gasteiger partial charge in [0.25, 0.3) is 0 Å². The number of phenolic OH excluding ortho intramolecular Hbond substituents is 1. The monoisotopic (exact) mass is 521 g/mol. The molecular formula is C27H27N3O4S2. The van der Waals surface area contributed by atoms with Crippen LogP contribution in [0.2, 0.25) is 0 Å². The molecule has 1 fully saturated rings. The van der Waals surface area contributed by atoms with Gasteiger partial charge in [0.05, 0.1) is 22.4 Å². The van der Waals surface area contributed by atoms with E-state index in [1.165, 1.54) is 4.90 Å². The minimum Gasteiger partial charge on any atom is -0.507 e. The zero-order valence-electron chi connectivity index (χ0n) is 19.7. The van der Waals surface area contributed by atoms with Crippen LogP contribution in [0.3, 0.4) is 0 Å². The molecule has 5 rings (SSSR count). The summed E-state index contributed by atoms with van der Waals surface area (Å²) in [5.41, 5.74) is 11.4. The van der Waals surface area contributed by atoms with Crippen LogP contribution in [-0.2, 0) is 25.8 Å². The Morgan fingerprint density at radius 3 is 2.58 bits per heavy atom. The molecule has 9 heteroatoms. The van der Waals surface area contributed by atoms with Crippen LogP contribution in [0, 0.1) is 0 Å². The van der Waals surface area contributed by atoms with E-state index >= 15 is 0 Å². The number of likely N-dealkylation sites (tertiary alicyclic amines) is 1. The smallest absolute Gasteiger partial charge is 0.229 e. The number of nitrogens with zero attached hydrogens (tertiary/aromatic N) is 1. The number of amides is 2. The first-order valence-electron chi connectivity index (χ1n) is 11.9. The number of allylic oxidation sites excluding steroid dienone is 1. The van der Waals surface area contributed by atoms with Crippen LogP contribution < -0.4 is 10.5 Å². The van der Waals surface area contributed by atoms with Crippen LogP contribution in [-0.4, -0.2) is 38.3 Å². The number of rotatable bonds is 7. The maximum absolute atomic E-state index is 12.8. The standard InChI is InChI=1S/C27H27N3O4S2/c28-27-20-9-4-3-8-19(20)22(29-35-36(34)15-14-30-24(32)10-5-11-25(30)33)16-21(27)26-18-7-2-1-6-17(18)12-13-23(26)31/h2-4,7-9,12-13,16,29,31H,1,5-6,10-11,14-15,28H2. The van der Waals surface area contributed by atoms with Crippen molar-refractivity contribution >= 4 is 60.8 Å². The molecule has 1 heterocycles. The number of aryl methyl sites for hydroxylation is 1. The topological polar surface area (TPSA) is 113 Å². The molecule has 3 aromatic carbocycles. The number of carbonyl (C=O) groups is 2. The fraction of sp³-hybridized carbons (Fsp3) is 0.259. The fourth-order valence-corrected chi connectivity index (χ4v) is 6.61. The number of imide groups is 1. The van der Waals surface area contributed by atoms with Crippen molar-refractivity contribution in [1.82, 2.24) is 4.90 Å². The number of carbonyl (C=O) groups excluding carboxylic acids is 2. The number of hydrogen-bond acceptors (Lipinski definition) is 7. The first-order chi connectivity index (χ1) is 17.4. The van der Waals surface area contributed by atoms with Gasteiger partial charge < -0.3 is 15.6 Å². The summed E-state index contributed by atoms with van der Waals surface area (Å²) in [4.78, 5) is 25.3. The highest BCUT2D eigenvalue weighted by molar-refractivity contribution is 8.69. The van der Waals surface area contributed by atoms with Crippen LogP contribution >= 0.6 is 11.0 Å². The van der Waals surface area contributed by atoms with Crippen LogP contribution in [0.4, 0.5) is 11.4 Å². The predicted molar refractivity (Wildman–Crippen MR) is 148 cm³/mol. The third-order valence-corrected chi connectivity index (χ3v) is 8.96. The van der Waals surface area contributed by atoms with Crippen LogP contribution in [0.25, 0.3) is 28.0 Å². The van der Waals surface area contributed by atoms with Crippen molar-refractivity contribution in [3.05, 3.63) is 59.7 Å². The number of nitrogen functional groups attached to an aromatic ring is 1. The zero-order valence-corrected chi connectivity index (χ0v) is 21.3. The van der Waals surface area contributed by atoms with Gasteiger partial charge in [-0.2, -0.15) is 0 Å². The molecule has 1 atom stereocenters. The minimum atomic E-state index is -1.39. The summed E-state index contributed by atoms with van der Waals surface area (Å²) in [6.07, 6.45) is 7.27. The van der Waals surface area contributed by atoms with E-state index in [-0.39, 0.29) is 29.9 Å². The lowest BCUT2D eigenvalue weighted by Gasteiger charge is -2.24. The average molecular weight is 522 g/mol. The van der Waals surface area contributed by atoms with Crippen LogP contribution in [0.5, 0.6) is 5.75 Å². The minimum absolute atomic E-state index is 0.142. The van der Waals surface area contributed by atoms with Gasteiger partial charge in [0.2, 0.25) is 11.8 Å².